The third-order valence-corrected chi connectivity index (χ3v) is 5.71. The molecule has 1 aliphatic rings. The molecule has 0 saturated carbocycles. The van der Waals surface area contributed by atoms with E-state index in [0.717, 1.165) is 28.8 Å². The zero-order valence-electron chi connectivity index (χ0n) is 17.1. The van der Waals surface area contributed by atoms with Crippen LogP contribution in [0.3, 0.4) is 0 Å². The van der Waals surface area contributed by atoms with E-state index < -0.39 is 0 Å². The van der Waals surface area contributed by atoms with Gasteiger partial charge >= 0.3 is 0 Å². The predicted molar refractivity (Wildman–Crippen MR) is 119 cm³/mol. The highest BCUT2D eigenvalue weighted by Gasteiger charge is 2.33. The van der Waals surface area contributed by atoms with Crippen molar-refractivity contribution in [1.82, 2.24) is 20.4 Å². The first-order chi connectivity index (χ1) is 14.5. The van der Waals surface area contributed by atoms with Gasteiger partial charge in [-0.15, -0.1) is 0 Å². The number of aromatic nitrogens is 2. The quantitative estimate of drug-likeness (QED) is 0.576. The van der Waals surface area contributed by atoms with Gasteiger partial charge in [-0.05, 0) is 55.7 Å². The van der Waals surface area contributed by atoms with Gasteiger partial charge in [0.15, 0.2) is 5.11 Å². The summed E-state index contributed by atoms with van der Waals surface area (Å²) in [6.07, 6.45) is 0.970. The van der Waals surface area contributed by atoms with Crippen LogP contribution in [0.25, 0.3) is 17.0 Å². The number of allylic oxidation sites excluding steroid dienone is 1. The van der Waals surface area contributed by atoms with Gasteiger partial charge in [0.1, 0.15) is 5.82 Å². The van der Waals surface area contributed by atoms with Gasteiger partial charge in [0.25, 0.3) is 5.89 Å². The molecule has 1 aliphatic heterocycles. The Morgan fingerprint density at radius 1 is 1.17 bits per heavy atom. The number of halogens is 1. The summed E-state index contributed by atoms with van der Waals surface area (Å²) in [6, 6.07) is 14.2. The average molecular weight is 423 g/mol. The third kappa shape index (κ3) is 3.73. The van der Waals surface area contributed by atoms with Crippen molar-refractivity contribution in [3.63, 3.8) is 0 Å². The van der Waals surface area contributed by atoms with Crippen LogP contribution in [0.2, 0.25) is 0 Å². The molecule has 3 aromatic rings. The van der Waals surface area contributed by atoms with Crippen LogP contribution in [0.15, 0.2) is 58.8 Å². The molecule has 0 spiro atoms. The van der Waals surface area contributed by atoms with Crippen molar-refractivity contribution >= 4 is 22.9 Å². The molecule has 1 aromatic heterocycles. The summed E-state index contributed by atoms with van der Waals surface area (Å²) in [6.45, 7) is 6.80. The lowest BCUT2D eigenvalue weighted by atomic mass is 9.94. The molecule has 0 saturated heterocycles. The van der Waals surface area contributed by atoms with Gasteiger partial charge in [-0.2, -0.15) is 4.98 Å². The van der Waals surface area contributed by atoms with Crippen LogP contribution in [-0.2, 0) is 6.42 Å². The fourth-order valence-corrected chi connectivity index (χ4v) is 4.10. The van der Waals surface area contributed by atoms with Gasteiger partial charge in [0, 0.05) is 17.8 Å². The van der Waals surface area contributed by atoms with E-state index >= 15 is 0 Å². The molecule has 5 nitrogen and oxygen atoms in total. The number of rotatable bonds is 5. The van der Waals surface area contributed by atoms with Crippen molar-refractivity contribution in [3.05, 3.63) is 77.1 Å². The van der Waals surface area contributed by atoms with E-state index in [1.165, 1.54) is 17.7 Å². The molecule has 2 aromatic carbocycles. The number of thiocarbonyl (C=S) groups is 1. The number of aryl methyl sites for hydroxylation is 1. The van der Waals surface area contributed by atoms with E-state index in [1.54, 1.807) is 6.07 Å². The summed E-state index contributed by atoms with van der Waals surface area (Å²) in [5.41, 5.74) is 4.58. The second-order valence-corrected chi connectivity index (χ2v) is 7.54. The fourth-order valence-electron chi connectivity index (χ4n) is 3.71. The molecule has 4 rings (SSSR count). The number of hydrogen-bond donors (Lipinski definition) is 1. The van der Waals surface area contributed by atoms with Crippen LogP contribution in [0.1, 0.15) is 43.8 Å². The molecule has 30 heavy (non-hydrogen) atoms. The number of nitrogens with one attached hydrogen (secondary N) is 1. The topological polar surface area (TPSA) is 54.2 Å². The normalized spacial score (nSPS) is 16.7. The number of hydrogen-bond acceptors (Lipinski definition) is 4. The SMILES string of the molecule is CCc1ccc(-c2noc(C3=C(C)N(CC)C(=S)NC3c3cccc(F)c3)n2)cc1. The molecule has 1 atom stereocenters. The Kier molecular flexibility index (Phi) is 5.63. The predicted octanol–water partition coefficient (Wildman–Crippen LogP) is 5.12. The summed E-state index contributed by atoms with van der Waals surface area (Å²) in [5.74, 6) is 0.601. The van der Waals surface area contributed by atoms with Crippen molar-refractivity contribution in [3.8, 4) is 11.4 Å². The fraction of sp³-hybridized carbons (Fsp3) is 0.261. The largest absolute Gasteiger partial charge is 0.351 e. The van der Waals surface area contributed by atoms with E-state index in [2.05, 4.69) is 34.5 Å². The average Bonchev–Trinajstić information content (AvgIpc) is 3.23. The Balaban J connectivity index is 1.79. The number of nitrogens with zero attached hydrogens (tertiary/aromatic N) is 3. The molecule has 0 bridgehead atoms. The Labute approximate surface area is 180 Å². The summed E-state index contributed by atoms with van der Waals surface area (Å²) in [5, 5.41) is 8.09. The highest BCUT2D eigenvalue weighted by molar-refractivity contribution is 7.80. The summed E-state index contributed by atoms with van der Waals surface area (Å²) >= 11 is 5.54. The van der Waals surface area contributed by atoms with Crippen molar-refractivity contribution < 1.29 is 8.91 Å². The molecule has 1 unspecified atom stereocenters. The van der Waals surface area contributed by atoms with Crippen molar-refractivity contribution in [2.45, 2.75) is 33.2 Å². The van der Waals surface area contributed by atoms with Crippen LogP contribution in [0, 0.1) is 5.82 Å². The molecule has 0 amide bonds. The lowest BCUT2D eigenvalue weighted by Gasteiger charge is -2.36. The van der Waals surface area contributed by atoms with Gasteiger partial charge in [-0.3, -0.25) is 0 Å². The van der Waals surface area contributed by atoms with E-state index in [4.69, 9.17) is 16.7 Å². The molecular formula is C23H23FN4OS. The van der Waals surface area contributed by atoms with Crippen LogP contribution >= 0.6 is 12.2 Å². The van der Waals surface area contributed by atoms with E-state index in [0.29, 0.717) is 23.4 Å². The molecule has 0 fully saturated rings. The monoisotopic (exact) mass is 422 g/mol. The maximum atomic E-state index is 13.9. The maximum Gasteiger partial charge on any atom is 0.258 e. The number of benzene rings is 2. The van der Waals surface area contributed by atoms with E-state index in [9.17, 15) is 4.39 Å². The zero-order valence-corrected chi connectivity index (χ0v) is 18.0. The molecule has 0 radical (unpaired) electrons. The smallest absolute Gasteiger partial charge is 0.258 e. The third-order valence-electron chi connectivity index (χ3n) is 5.37. The molecular weight excluding hydrogens is 399 g/mol. The van der Waals surface area contributed by atoms with Crippen molar-refractivity contribution in [2.24, 2.45) is 0 Å². The lowest BCUT2D eigenvalue weighted by molar-refractivity contribution is 0.398. The Morgan fingerprint density at radius 2 is 1.93 bits per heavy atom. The first-order valence-corrected chi connectivity index (χ1v) is 10.4. The minimum absolute atomic E-state index is 0.308. The van der Waals surface area contributed by atoms with Crippen LogP contribution in [0.5, 0.6) is 0 Å². The molecule has 154 valence electrons. The Hall–Kier alpha value is -3.06. The van der Waals surface area contributed by atoms with Crippen molar-refractivity contribution in [2.75, 3.05) is 6.54 Å². The molecule has 2 heterocycles. The molecule has 0 aliphatic carbocycles. The van der Waals surface area contributed by atoms with Crippen LogP contribution in [-0.4, -0.2) is 26.7 Å². The molecule has 1 N–H and O–H groups in total. The van der Waals surface area contributed by atoms with E-state index in [-0.39, 0.29) is 11.9 Å². The molecule has 7 heteroatoms. The minimum atomic E-state index is -0.383. The van der Waals surface area contributed by atoms with Gasteiger partial charge < -0.3 is 14.7 Å². The highest BCUT2D eigenvalue weighted by Crippen LogP contribution is 2.37. The second-order valence-electron chi connectivity index (χ2n) is 7.15. The van der Waals surface area contributed by atoms with E-state index in [1.807, 2.05) is 36.9 Å². The van der Waals surface area contributed by atoms with Gasteiger partial charge in [0.2, 0.25) is 5.82 Å². The minimum Gasteiger partial charge on any atom is -0.351 e. The van der Waals surface area contributed by atoms with Gasteiger partial charge in [0.05, 0.1) is 11.6 Å². The van der Waals surface area contributed by atoms with Gasteiger partial charge in [-0.25, -0.2) is 4.39 Å². The van der Waals surface area contributed by atoms with Gasteiger partial charge in [-0.1, -0.05) is 48.5 Å². The first-order valence-electron chi connectivity index (χ1n) is 9.99. The van der Waals surface area contributed by atoms with Crippen LogP contribution < -0.4 is 5.32 Å². The van der Waals surface area contributed by atoms with Crippen LogP contribution in [0.4, 0.5) is 4.39 Å². The summed E-state index contributed by atoms with van der Waals surface area (Å²) in [4.78, 5) is 6.64. The zero-order chi connectivity index (χ0) is 21.3. The van der Waals surface area contributed by atoms with Crippen molar-refractivity contribution in [1.29, 1.82) is 0 Å². The highest BCUT2D eigenvalue weighted by atomic mass is 32.1. The maximum absolute atomic E-state index is 13.9. The Bertz CT molecular complexity index is 1110. The lowest BCUT2D eigenvalue weighted by Crippen LogP contribution is -2.45. The summed E-state index contributed by atoms with van der Waals surface area (Å²) in [7, 11) is 0. The Morgan fingerprint density at radius 3 is 2.60 bits per heavy atom. The first kappa shape index (κ1) is 20.2. The second kappa shape index (κ2) is 8.36. The standard InChI is InChI=1S/C23H23FN4OS/c1-4-15-9-11-16(12-10-15)21-26-22(29-27-21)19-14(3)28(5-2)23(30)25-20(19)17-7-6-8-18(24)13-17/h6-13,20H,4-5H2,1-3H3,(H,25,30). The summed E-state index contributed by atoms with van der Waals surface area (Å²) < 4.78 is 19.6.